The summed E-state index contributed by atoms with van der Waals surface area (Å²) in [5.74, 6) is 1.88. The molecule has 0 bridgehead atoms. The van der Waals surface area contributed by atoms with E-state index in [1.165, 1.54) is 18.4 Å². The fraction of sp³-hybridized carbons (Fsp3) is 0.391. The van der Waals surface area contributed by atoms with Crippen molar-refractivity contribution in [1.29, 1.82) is 0 Å². The number of benzene rings is 1. The minimum absolute atomic E-state index is 0.442. The van der Waals surface area contributed by atoms with Crippen LogP contribution in [0.2, 0.25) is 0 Å². The van der Waals surface area contributed by atoms with E-state index in [0.717, 1.165) is 25.6 Å². The van der Waals surface area contributed by atoms with Crippen LogP contribution in [0.25, 0.3) is 11.6 Å². The molecular formula is C23H29N7O. The van der Waals surface area contributed by atoms with E-state index in [0.29, 0.717) is 36.4 Å². The van der Waals surface area contributed by atoms with Crippen molar-refractivity contribution in [3.8, 4) is 11.6 Å². The van der Waals surface area contributed by atoms with Crippen molar-refractivity contribution in [1.82, 2.24) is 30.7 Å². The van der Waals surface area contributed by atoms with Crippen molar-refractivity contribution in [3.63, 3.8) is 0 Å². The molecule has 2 aromatic heterocycles. The zero-order valence-corrected chi connectivity index (χ0v) is 17.9. The van der Waals surface area contributed by atoms with Crippen LogP contribution in [0.4, 0.5) is 0 Å². The first-order valence-electron chi connectivity index (χ1n) is 10.8. The molecule has 1 aromatic carbocycles. The molecule has 1 aliphatic rings. The number of likely N-dealkylation sites (tertiary alicyclic amines) is 1. The van der Waals surface area contributed by atoms with E-state index < -0.39 is 0 Å². The first kappa shape index (κ1) is 21.0. The second-order valence-corrected chi connectivity index (χ2v) is 7.61. The topological polar surface area (TPSA) is 91.5 Å². The Balaban J connectivity index is 1.21. The number of aliphatic imine (C=N–C) groups is 1. The molecule has 1 aliphatic heterocycles. The van der Waals surface area contributed by atoms with Crippen molar-refractivity contribution in [2.75, 3.05) is 26.7 Å². The van der Waals surface area contributed by atoms with Crippen LogP contribution < -0.4 is 10.6 Å². The Kier molecular flexibility index (Phi) is 7.23. The van der Waals surface area contributed by atoms with Gasteiger partial charge in [0, 0.05) is 45.3 Å². The van der Waals surface area contributed by atoms with E-state index in [9.17, 15) is 0 Å². The first-order valence-corrected chi connectivity index (χ1v) is 10.8. The smallest absolute Gasteiger partial charge is 0.276 e. The molecule has 3 heterocycles. The lowest BCUT2D eigenvalue weighted by Crippen LogP contribution is -2.45. The van der Waals surface area contributed by atoms with Crippen LogP contribution >= 0.6 is 0 Å². The number of rotatable bonds is 8. The summed E-state index contributed by atoms with van der Waals surface area (Å²) in [7, 11) is 1.79. The van der Waals surface area contributed by atoms with Gasteiger partial charge in [-0.3, -0.25) is 14.9 Å². The number of nitrogens with zero attached hydrogens (tertiary/aromatic N) is 5. The maximum Gasteiger partial charge on any atom is 0.276 e. The summed E-state index contributed by atoms with van der Waals surface area (Å²) in [5.41, 5.74) is 2.05. The van der Waals surface area contributed by atoms with Crippen LogP contribution in [0.15, 0.2) is 64.2 Å². The fourth-order valence-corrected chi connectivity index (χ4v) is 3.83. The number of hydrogen-bond acceptors (Lipinski definition) is 6. The van der Waals surface area contributed by atoms with Crippen molar-refractivity contribution in [2.24, 2.45) is 4.99 Å². The van der Waals surface area contributed by atoms with Gasteiger partial charge in [-0.2, -0.15) is 4.98 Å². The number of pyridine rings is 1. The van der Waals surface area contributed by atoms with Gasteiger partial charge in [0.25, 0.3) is 5.89 Å². The SMILES string of the molecule is CN=C(NCCc1noc(-c2ccccn2)n1)NCC1CCCN1Cc1ccccc1. The molecule has 1 atom stereocenters. The van der Waals surface area contributed by atoms with Gasteiger partial charge in [0.05, 0.1) is 0 Å². The van der Waals surface area contributed by atoms with Crippen molar-refractivity contribution >= 4 is 5.96 Å². The highest BCUT2D eigenvalue weighted by molar-refractivity contribution is 5.79. The molecule has 8 nitrogen and oxygen atoms in total. The van der Waals surface area contributed by atoms with E-state index in [1.807, 2.05) is 18.2 Å². The predicted octanol–water partition coefficient (Wildman–Crippen LogP) is 2.50. The van der Waals surface area contributed by atoms with Crippen molar-refractivity contribution in [2.45, 2.75) is 31.8 Å². The largest absolute Gasteiger partial charge is 0.356 e. The molecule has 1 fully saturated rings. The Morgan fingerprint density at radius 3 is 2.84 bits per heavy atom. The van der Waals surface area contributed by atoms with E-state index in [-0.39, 0.29) is 0 Å². The highest BCUT2D eigenvalue weighted by Crippen LogP contribution is 2.19. The normalized spacial score (nSPS) is 17.1. The minimum Gasteiger partial charge on any atom is -0.356 e. The summed E-state index contributed by atoms with van der Waals surface area (Å²) in [5, 5.41) is 10.8. The zero-order valence-electron chi connectivity index (χ0n) is 17.9. The summed E-state index contributed by atoms with van der Waals surface area (Å²) in [6, 6.07) is 16.8. The maximum absolute atomic E-state index is 5.31. The van der Waals surface area contributed by atoms with Crippen LogP contribution in [-0.4, -0.2) is 58.7 Å². The third-order valence-corrected chi connectivity index (χ3v) is 5.45. The lowest BCUT2D eigenvalue weighted by molar-refractivity contribution is 0.245. The van der Waals surface area contributed by atoms with Gasteiger partial charge in [-0.15, -0.1) is 0 Å². The molecule has 162 valence electrons. The third kappa shape index (κ3) is 5.88. The number of aromatic nitrogens is 3. The Hall–Kier alpha value is -3.26. The molecule has 0 aliphatic carbocycles. The Morgan fingerprint density at radius 1 is 1.16 bits per heavy atom. The fourth-order valence-electron chi connectivity index (χ4n) is 3.83. The Labute approximate surface area is 182 Å². The van der Waals surface area contributed by atoms with Gasteiger partial charge in [-0.1, -0.05) is 41.6 Å². The number of nitrogens with one attached hydrogen (secondary N) is 2. The lowest BCUT2D eigenvalue weighted by atomic mass is 10.2. The average Bonchev–Trinajstić information content (AvgIpc) is 3.47. The minimum atomic E-state index is 0.442. The monoisotopic (exact) mass is 419 g/mol. The molecule has 31 heavy (non-hydrogen) atoms. The van der Waals surface area contributed by atoms with Crippen LogP contribution in [0, 0.1) is 0 Å². The summed E-state index contributed by atoms with van der Waals surface area (Å²) in [6.45, 7) is 3.68. The number of guanidine groups is 1. The summed E-state index contributed by atoms with van der Waals surface area (Å²) in [6.07, 6.45) is 4.79. The quantitative estimate of drug-likeness (QED) is 0.428. The summed E-state index contributed by atoms with van der Waals surface area (Å²) < 4.78 is 5.31. The average molecular weight is 420 g/mol. The Bertz CT molecular complexity index is 958. The first-order chi connectivity index (χ1) is 15.3. The Morgan fingerprint density at radius 2 is 2.03 bits per heavy atom. The van der Waals surface area contributed by atoms with Crippen molar-refractivity contribution < 1.29 is 4.52 Å². The number of hydrogen-bond donors (Lipinski definition) is 2. The van der Waals surface area contributed by atoms with Crippen molar-refractivity contribution in [3.05, 3.63) is 66.1 Å². The molecule has 0 radical (unpaired) electrons. The highest BCUT2D eigenvalue weighted by atomic mass is 16.5. The predicted molar refractivity (Wildman–Crippen MR) is 120 cm³/mol. The van der Waals surface area contributed by atoms with E-state index in [4.69, 9.17) is 4.52 Å². The summed E-state index contributed by atoms with van der Waals surface area (Å²) >= 11 is 0. The van der Waals surface area contributed by atoms with Crippen LogP contribution in [0.3, 0.4) is 0 Å². The van der Waals surface area contributed by atoms with Gasteiger partial charge in [0.2, 0.25) is 0 Å². The molecule has 1 saturated heterocycles. The van der Waals surface area contributed by atoms with E-state index in [2.05, 4.69) is 66.0 Å². The molecule has 3 aromatic rings. The molecule has 0 amide bonds. The van der Waals surface area contributed by atoms with E-state index in [1.54, 1.807) is 13.2 Å². The molecule has 0 spiro atoms. The molecule has 0 saturated carbocycles. The molecule has 2 N–H and O–H groups in total. The zero-order chi connectivity index (χ0) is 21.3. The van der Waals surface area contributed by atoms with Gasteiger partial charge >= 0.3 is 0 Å². The van der Waals surface area contributed by atoms with E-state index >= 15 is 0 Å². The second kappa shape index (κ2) is 10.7. The van der Waals surface area contributed by atoms with Gasteiger partial charge in [0.1, 0.15) is 5.69 Å². The van der Waals surface area contributed by atoms with Gasteiger partial charge in [0.15, 0.2) is 11.8 Å². The molecular weight excluding hydrogens is 390 g/mol. The standard InChI is InChI=1S/C23H29N7O/c1-24-23(26-14-12-21-28-22(31-29-21)20-11-5-6-13-25-20)27-16-19-10-7-15-30(19)17-18-8-3-2-4-9-18/h2-6,8-9,11,13,19H,7,10,12,14-17H2,1H3,(H2,24,26,27). The van der Waals surface area contributed by atoms with Gasteiger partial charge < -0.3 is 15.2 Å². The molecule has 4 rings (SSSR count). The van der Waals surface area contributed by atoms with Crippen LogP contribution in [0.1, 0.15) is 24.2 Å². The third-order valence-electron chi connectivity index (χ3n) is 5.45. The second-order valence-electron chi connectivity index (χ2n) is 7.61. The van der Waals surface area contributed by atoms with Gasteiger partial charge in [-0.25, -0.2) is 0 Å². The molecule has 1 unspecified atom stereocenters. The van der Waals surface area contributed by atoms with Gasteiger partial charge in [-0.05, 0) is 37.1 Å². The molecule has 8 heteroatoms. The highest BCUT2D eigenvalue weighted by Gasteiger charge is 2.24. The van der Waals surface area contributed by atoms with Crippen LogP contribution in [0.5, 0.6) is 0 Å². The van der Waals surface area contributed by atoms with Crippen LogP contribution in [-0.2, 0) is 13.0 Å². The lowest BCUT2D eigenvalue weighted by Gasteiger charge is -2.25. The summed E-state index contributed by atoms with van der Waals surface area (Å²) in [4.78, 5) is 15.5. The maximum atomic E-state index is 5.31.